The highest BCUT2D eigenvalue weighted by Crippen LogP contribution is 2.25. The Morgan fingerprint density at radius 1 is 1.16 bits per heavy atom. The molecule has 2 aliphatic heterocycles. The molecule has 2 aliphatic rings. The van der Waals surface area contributed by atoms with E-state index >= 15 is 0 Å². The molecule has 3 rings (SSSR count). The van der Waals surface area contributed by atoms with Crippen LogP contribution in [0.15, 0.2) is 30.6 Å². The van der Waals surface area contributed by atoms with Gasteiger partial charge in [0.05, 0.1) is 10.0 Å². The van der Waals surface area contributed by atoms with Crippen LogP contribution in [0.2, 0.25) is 10.0 Å². The van der Waals surface area contributed by atoms with E-state index in [4.69, 9.17) is 34.8 Å². The van der Waals surface area contributed by atoms with Gasteiger partial charge in [-0.1, -0.05) is 23.2 Å². The molecule has 1 atom stereocenters. The van der Waals surface area contributed by atoms with Crippen molar-refractivity contribution in [2.24, 2.45) is 17.5 Å². The molecule has 0 aromatic heterocycles. The maximum Gasteiger partial charge on any atom is 0.321 e. The van der Waals surface area contributed by atoms with Crippen molar-refractivity contribution in [3.05, 3.63) is 40.6 Å². The summed E-state index contributed by atoms with van der Waals surface area (Å²) in [5.74, 6) is 6.52. The molecule has 2 heterocycles. The molecule has 31 heavy (non-hydrogen) atoms. The average Bonchev–Trinajstić information content (AvgIpc) is 2.76. The third-order valence-corrected chi connectivity index (χ3v) is 6.64. The molecule has 0 unspecified atom stereocenters. The third-order valence-electron chi connectivity index (χ3n) is 5.90. The molecule has 1 aromatic carbocycles. The molecule has 1 aromatic rings. The van der Waals surface area contributed by atoms with E-state index in [0.717, 1.165) is 58.9 Å². The van der Waals surface area contributed by atoms with Crippen molar-refractivity contribution in [3.8, 4) is 0 Å². The first kappa shape index (κ1) is 23.9. The van der Waals surface area contributed by atoms with E-state index in [0.29, 0.717) is 21.7 Å². The normalized spacial score (nSPS) is 20.9. The number of nitrogens with zero attached hydrogens (tertiary/aromatic N) is 4. The zero-order valence-corrected chi connectivity index (χ0v) is 19.4. The smallest absolute Gasteiger partial charge is 0.321 e. The zero-order valence-electron chi connectivity index (χ0n) is 17.9. The highest BCUT2D eigenvalue weighted by molar-refractivity contribution is 6.42. The lowest BCUT2D eigenvalue weighted by Crippen LogP contribution is -2.52. The van der Waals surface area contributed by atoms with Crippen molar-refractivity contribution in [1.29, 1.82) is 0 Å². The van der Waals surface area contributed by atoms with E-state index in [2.05, 4.69) is 15.1 Å². The summed E-state index contributed by atoms with van der Waals surface area (Å²) in [6.45, 7) is 8.24. The summed E-state index contributed by atoms with van der Waals surface area (Å²) in [5, 5.41) is 5.44. The number of carbonyl (C=O) groups is 1. The lowest BCUT2D eigenvalue weighted by Gasteiger charge is -2.39. The SMILES string of the molecule is N/C=C\N(N)CCN1CCC[C@@H](CN2CCN(C(=O)Nc3ccc(Cl)c(Cl)c3)CC2)C1. The van der Waals surface area contributed by atoms with E-state index in [1.165, 1.54) is 19.0 Å². The summed E-state index contributed by atoms with van der Waals surface area (Å²) in [6.07, 6.45) is 5.62. The van der Waals surface area contributed by atoms with Crippen molar-refractivity contribution in [2.75, 3.05) is 64.2 Å². The average molecular weight is 470 g/mol. The van der Waals surface area contributed by atoms with Crippen LogP contribution < -0.4 is 16.9 Å². The van der Waals surface area contributed by atoms with Crippen LogP contribution in [0, 0.1) is 5.92 Å². The molecule has 0 bridgehead atoms. The van der Waals surface area contributed by atoms with Gasteiger partial charge in [-0.25, -0.2) is 10.6 Å². The van der Waals surface area contributed by atoms with Crippen LogP contribution in [-0.2, 0) is 0 Å². The number of likely N-dealkylation sites (tertiary alicyclic amines) is 1. The van der Waals surface area contributed by atoms with E-state index in [-0.39, 0.29) is 6.03 Å². The number of hydrogen-bond acceptors (Lipinski definition) is 6. The fraction of sp³-hybridized carbons (Fsp3) is 0.571. The van der Waals surface area contributed by atoms with Gasteiger partial charge in [-0.15, -0.1) is 0 Å². The Balaban J connectivity index is 1.39. The molecule has 0 spiro atoms. The van der Waals surface area contributed by atoms with Crippen molar-refractivity contribution in [1.82, 2.24) is 19.7 Å². The van der Waals surface area contributed by atoms with Gasteiger partial charge in [-0.3, -0.25) is 4.90 Å². The van der Waals surface area contributed by atoms with E-state index in [1.807, 2.05) is 4.90 Å². The molecular weight excluding hydrogens is 437 g/mol. The summed E-state index contributed by atoms with van der Waals surface area (Å²) in [4.78, 5) is 19.4. The number of amides is 2. The third kappa shape index (κ3) is 7.43. The number of carbonyl (C=O) groups excluding carboxylic acids is 1. The zero-order chi connectivity index (χ0) is 22.2. The van der Waals surface area contributed by atoms with Crippen LogP contribution in [0.1, 0.15) is 12.8 Å². The number of hydrogen-bond donors (Lipinski definition) is 3. The second kappa shape index (κ2) is 11.8. The summed E-state index contributed by atoms with van der Waals surface area (Å²) < 4.78 is 0. The first-order valence-corrected chi connectivity index (χ1v) is 11.6. The van der Waals surface area contributed by atoms with Crippen LogP contribution in [-0.4, -0.2) is 84.6 Å². The minimum absolute atomic E-state index is 0.0975. The number of nitrogens with two attached hydrogens (primary N) is 2. The highest BCUT2D eigenvalue weighted by Gasteiger charge is 2.26. The maximum atomic E-state index is 12.6. The second-order valence-electron chi connectivity index (χ2n) is 8.23. The number of piperazine rings is 1. The van der Waals surface area contributed by atoms with Crippen molar-refractivity contribution in [3.63, 3.8) is 0 Å². The van der Waals surface area contributed by atoms with Crippen LogP contribution in [0.4, 0.5) is 10.5 Å². The van der Waals surface area contributed by atoms with Crippen LogP contribution in [0.3, 0.4) is 0 Å². The Hall–Kier alpha value is -1.71. The first-order chi connectivity index (χ1) is 14.9. The van der Waals surface area contributed by atoms with Crippen LogP contribution in [0.5, 0.6) is 0 Å². The predicted molar refractivity (Wildman–Crippen MR) is 127 cm³/mol. The van der Waals surface area contributed by atoms with Gasteiger partial charge in [0.2, 0.25) is 0 Å². The summed E-state index contributed by atoms with van der Waals surface area (Å²) in [7, 11) is 0. The molecule has 0 aliphatic carbocycles. The number of benzene rings is 1. The number of rotatable bonds is 7. The summed E-state index contributed by atoms with van der Waals surface area (Å²) in [6, 6.07) is 5.01. The Morgan fingerprint density at radius 2 is 1.94 bits per heavy atom. The number of piperidine rings is 1. The molecule has 5 N–H and O–H groups in total. The molecule has 10 heteroatoms. The van der Waals surface area contributed by atoms with Gasteiger partial charge in [0.25, 0.3) is 0 Å². The van der Waals surface area contributed by atoms with Gasteiger partial charge in [-0.05, 0) is 43.5 Å². The standard InChI is InChI=1S/C21H33Cl2N7O/c22-19-4-3-18(14-20(19)23)26-21(31)29-11-8-28(9-12-29)16-17-2-1-6-27(15-17)10-13-30(25)7-5-24/h3-5,7,14,17H,1-2,6,8-13,15-16,24-25H2,(H,26,31)/b7-5-/t17-/m1/s1. The predicted octanol–water partition coefficient (Wildman–Crippen LogP) is 2.46. The molecule has 8 nitrogen and oxygen atoms in total. The molecular formula is C21H33Cl2N7O. The molecule has 2 amide bonds. The lowest BCUT2D eigenvalue weighted by molar-refractivity contribution is 0.0980. The van der Waals surface area contributed by atoms with E-state index in [9.17, 15) is 4.79 Å². The van der Waals surface area contributed by atoms with Crippen molar-refractivity contribution < 1.29 is 4.79 Å². The molecule has 172 valence electrons. The number of anilines is 1. The van der Waals surface area contributed by atoms with Crippen LogP contribution in [0.25, 0.3) is 0 Å². The van der Waals surface area contributed by atoms with Gasteiger partial charge in [0.15, 0.2) is 0 Å². The summed E-state index contributed by atoms with van der Waals surface area (Å²) in [5.41, 5.74) is 6.04. The molecule has 2 saturated heterocycles. The summed E-state index contributed by atoms with van der Waals surface area (Å²) >= 11 is 12.0. The van der Waals surface area contributed by atoms with Crippen molar-refractivity contribution in [2.45, 2.75) is 12.8 Å². The van der Waals surface area contributed by atoms with Gasteiger partial charge in [0.1, 0.15) is 0 Å². The fourth-order valence-electron chi connectivity index (χ4n) is 4.22. The van der Waals surface area contributed by atoms with E-state index < -0.39 is 0 Å². The first-order valence-electron chi connectivity index (χ1n) is 10.8. The maximum absolute atomic E-state index is 12.6. The highest BCUT2D eigenvalue weighted by atomic mass is 35.5. The Kier molecular flexibility index (Phi) is 9.10. The second-order valence-corrected chi connectivity index (χ2v) is 9.05. The Bertz CT molecular complexity index is 755. The minimum Gasteiger partial charge on any atom is -0.403 e. The van der Waals surface area contributed by atoms with Crippen molar-refractivity contribution >= 4 is 34.9 Å². The lowest BCUT2D eigenvalue weighted by atomic mass is 9.97. The number of nitrogens with one attached hydrogen (secondary N) is 1. The number of halogens is 2. The number of hydrazine groups is 1. The monoisotopic (exact) mass is 469 g/mol. The topological polar surface area (TPSA) is 94.1 Å². The van der Waals surface area contributed by atoms with Gasteiger partial charge in [0, 0.05) is 70.4 Å². The van der Waals surface area contributed by atoms with Gasteiger partial charge in [-0.2, -0.15) is 0 Å². The molecule has 0 radical (unpaired) electrons. The Labute approximate surface area is 194 Å². The largest absolute Gasteiger partial charge is 0.403 e. The number of urea groups is 1. The molecule has 2 fully saturated rings. The van der Waals surface area contributed by atoms with Crippen LogP contribution >= 0.6 is 23.2 Å². The fourth-order valence-corrected chi connectivity index (χ4v) is 4.52. The van der Waals surface area contributed by atoms with Gasteiger partial charge >= 0.3 is 6.03 Å². The quantitative estimate of drug-likeness (QED) is 0.419. The molecule has 0 saturated carbocycles. The van der Waals surface area contributed by atoms with E-state index in [1.54, 1.807) is 29.4 Å². The minimum atomic E-state index is -0.0975. The Morgan fingerprint density at radius 3 is 2.65 bits per heavy atom. The van der Waals surface area contributed by atoms with Gasteiger partial charge < -0.3 is 25.9 Å².